The second-order valence-corrected chi connectivity index (χ2v) is 7.74. The molecule has 29 heavy (non-hydrogen) atoms. The van der Waals surface area contributed by atoms with Crippen LogP contribution in [0.3, 0.4) is 0 Å². The Balaban J connectivity index is 1.78. The highest BCUT2D eigenvalue weighted by Crippen LogP contribution is 2.32. The third-order valence-corrected chi connectivity index (χ3v) is 5.51. The molecule has 2 N–H and O–H groups in total. The van der Waals surface area contributed by atoms with Gasteiger partial charge in [-0.1, -0.05) is 30.3 Å². The summed E-state index contributed by atoms with van der Waals surface area (Å²) >= 11 is 0. The minimum absolute atomic E-state index is 0.0317. The van der Waals surface area contributed by atoms with Crippen LogP contribution in [0.15, 0.2) is 87.1 Å². The van der Waals surface area contributed by atoms with Crippen molar-refractivity contribution < 1.29 is 27.2 Å². The van der Waals surface area contributed by atoms with Crippen molar-refractivity contribution in [3.8, 4) is 28.4 Å². The third kappa shape index (κ3) is 3.53. The van der Waals surface area contributed by atoms with Gasteiger partial charge in [0.15, 0.2) is 0 Å². The average molecular weight is 410 g/mol. The molecule has 146 valence electrons. The number of rotatable bonds is 4. The van der Waals surface area contributed by atoms with Crippen LogP contribution in [0, 0.1) is 0 Å². The van der Waals surface area contributed by atoms with E-state index in [9.17, 15) is 23.4 Å². The molecule has 1 aromatic heterocycles. The van der Waals surface area contributed by atoms with Crippen molar-refractivity contribution in [1.82, 2.24) is 0 Å². The van der Waals surface area contributed by atoms with Gasteiger partial charge in [0.2, 0.25) is 5.43 Å². The second-order valence-electron chi connectivity index (χ2n) is 6.19. The van der Waals surface area contributed by atoms with Crippen LogP contribution in [0.5, 0.6) is 17.2 Å². The van der Waals surface area contributed by atoms with E-state index >= 15 is 0 Å². The predicted molar refractivity (Wildman–Crippen MR) is 106 cm³/mol. The number of aromatic hydroxyl groups is 2. The van der Waals surface area contributed by atoms with Crippen LogP contribution in [0.2, 0.25) is 0 Å². The lowest BCUT2D eigenvalue weighted by molar-refractivity contribution is 0.465. The summed E-state index contributed by atoms with van der Waals surface area (Å²) in [6.07, 6.45) is 1.20. The normalized spacial score (nSPS) is 11.4. The van der Waals surface area contributed by atoms with E-state index in [-0.39, 0.29) is 32.9 Å². The van der Waals surface area contributed by atoms with Gasteiger partial charge in [-0.2, -0.15) is 8.42 Å². The molecule has 7 nitrogen and oxygen atoms in total. The lowest BCUT2D eigenvalue weighted by Gasteiger charge is -2.09. The van der Waals surface area contributed by atoms with Crippen molar-refractivity contribution in [1.29, 1.82) is 0 Å². The molecule has 4 rings (SSSR count). The van der Waals surface area contributed by atoms with Gasteiger partial charge in [-0.3, -0.25) is 4.79 Å². The zero-order valence-electron chi connectivity index (χ0n) is 14.8. The fraction of sp³-hybridized carbons (Fsp3) is 0. The maximum Gasteiger partial charge on any atom is 0.339 e. The summed E-state index contributed by atoms with van der Waals surface area (Å²) in [6, 6.07) is 15.7. The van der Waals surface area contributed by atoms with E-state index in [1.54, 1.807) is 18.2 Å². The molecule has 0 unspecified atom stereocenters. The first-order chi connectivity index (χ1) is 13.8. The van der Waals surface area contributed by atoms with Gasteiger partial charge in [-0.25, -0.2) is 0 Å². The molecule has 0 fully saturated rings. The quantitative estimate of drug-likeness (QED) is 0.494. The molecular formula is C21H14O7S. The first-order valence-electron chi connectivity index (χ1n) is 8.42. The van der Waals surface area contributed by atoms with Gasteiger partial charge in [0.1, 0.15) is 39.4 Å². The monoisotopic (exact) mass is 410 g/mol. The van der Waals surface area contributed by atoms with Crippen LogP contribution in [0.25, 0.3) is 22.1 Å². The molecule has 8 heteroatoms. The Morgan fingerprint density at radius 3 is 2.28 bits per heavy atom. The van der Waals surface area contributed by atoms with E-state index in [2.05, 4.69) is 0 Å². The Kier molecular flexibility index (Phi) is 4.48. The van der Waals surface area contributed by atoms with Crippen molar-refractivity contribution in [2.45, 2.75) is 4.90 Å². The predicted octanol–water partition coefficient (Wildman–Crippen LogP) is 3.64. The highest BCUT2D eigenvalue weighted by molar-refractivity contribution is 7.87. The lowest BCUT2D eigenvalue weighted by atomic mass is 10.0. The number of hydrogen-bond acceptors (Lipinski definition) is 7. The molecule has 0 atom stereocenters. The Morgan fingerprint density at radius 1 is 0.897 bits per heavy atom. The molecule has 0 saturated heterocycles. The van der Waals surface area contributed by atoms with Crippen LogP contribution in [-0.2, 0) is 10.1 Å². The highest BCUT2D eigenvalue weighted by Gasteiger charge is 2.19. The molecule has 0 aliphatic heterocycles. The molecule has 3 aromatic carbocycles. The molecule has 4 aromatic rings. The summed E-state index contributed by atoms with van der Waals surface area (Å²) in [5.74, 6) is -0.627. The molecule has 0 radical (unpaired) electrons. The Hall–Kier alpha value is -3.78. The van der Waals surface area contributed by atoms with Crippen molar-refractivity contribution >= 4 is 21.1 Å². The van der Waals surface area contributed by atoms with E-state index in [1.807, 2.05) is 0 Å². The summed E-state index contributed by atoms with van der Waals surface area (Å²) in [5, 5.41) is 19.6. The maximum absolute atomic E-state index is 12.8. The minimum Gasteiger partial charge on any atom is -0.508 e. The fourth-order valence-electron chi connectivity index (χ4n) is 2.86. The van der Waals surface area contributed by atoms with Crippen molar-refractivity contribution in [3.05, 3.63) is 83.2 Å². The summed E-state index contributed by atoms with van der Waals surface area (Å²) in [6.45, 7) is 0. The van der Waals surface area contributed by atoms with Crippen molar-refractivity contribution in [2.24, 2.45) is 0 Å². The fourth-order valence-corrected chi connectivity index (χ4v) is 3.79. The summed E-state index contributed by atoms with van der Waals surface area (Å²) in [5.41, 5.74) is 0.130. The lowest BCUT2D eigenvalue weighted by Crippen LogP contribution is -2.10. The zero-order valence-corrected chi connectivity index (χ0v) is 15.6. The molecule has 0 spiro atoms. The molecule has 0 bridgehead atoms. The standard InChI is InChI=1S/C21H14O7S/c22-14-8-6-13(7-9-14)17-12-27-19-11-15(10-18(23)20(19)21(17)24)28-29(25,26)16-4-2-1-3-5-16/h1-12,22-23H. The Labute approximate surface area is 165 Å². The minimum atomic E-state index is -4.12. The van der Waals surface area contributed by atoms with Crippen molar-refractivity contribution in [2.75, 3.05) is 0 Å². The third-order valence-electron chi connectivity index (χ3n) is 4.25. The molecular weight excluding hydrogens is 396 g/mol. The average Bonchev–Trinajstić information content (AvgIpc) is 2.69. The van der Waals surface area contributed by atoms with Crippen LogP contribution in [-0.4, -0.2) is 18.6 Å². The first kappa shape index (κ1) is 18.6. The maximum atomic E-state index is 12.8. The van der Waals surface area contributed by atoms with E-state index < -0.39 is 21.3 Å². The molecule has 0 saturated carbocycles. The summed E-state index contributed by atoms with van der Waals surface area (Å²) in [4.78, 5) is 12.8. The smallest absolute Gasteiger partial charge is 0.339 e. The number of fused-ring (bicyclic) bond motifs is 1. The number of benzene rings is 3. The number of hydrogen-bond donors (Lipinski definition) is 2. The Morgan fingerprint density at radius 2 is 1.59 bits per heavy atom. The van der Waals surface area contributed by atoms with E-state index in [0.717, 1.165) is 6.07 Å². The highest BCUT2D eigenvalue weighted by atomic mass is 32.2. The molecule has 1 heterocycles. The Bertz CT molecular complexity index is 1360. The number of phenols is 2. The molecule has 0 aliphatic carbocycles. The molecule has 0 amide bonds. The second kappa shape index (κ2) is 6.99. The molecule has 0 aliphatic rings. The van der Waals surface area contributed by atoms with Crippen LogP contribution in [0.1, 0.15) is 0 Å². The SMILES string of the molecule is O=c1c(-c2ccc(O)cc2)coc2cc(OS(=O)(=O)c3ccccc3)cc(O)c12. The van der Waals surface area contributed by atoms with E-state index in [4.69, 9.17) is 8.60 Å². The van der Waals surface area contributed by atoms with Gasteiger partial charge in [0.25, 0.3) is 0 Å². The van der Waals surface area contributed by atoms with Crippen LogP contribution >= 0.6 is 0 Å². The van der Waals surface area contributed by atoms with E-state index in [1.165, 1.54) is 48.7 Å². The largest absolute Gasteiger partial charge is 0.508 e. The first-order valence-corrected chi connectivity index (χ1v) is 9.83. The van der Waals surface area contributed by atoms with Gasteiger partial charge < -0.3 is 18.8 Å². The van der Waals surface area contributed by atoms with Gasteiger partial charge in [0.05, 0.1) is 5.56 Å². The van der Waals surface area contributed by atoms with Gasteiger partial charge in [-0.05, 0) is 29.8 Å². The topological polar surface area (TPSA) is 114 Å². The van der Waals surface area contributed by atoms with E-state index in [0.29, 0.717) is 5.56 Å². The van der Waals surface area contributed by atoms with Crippen LogP contribution in [0.4, 0.5) is 0 Å². The van der Waals surface area contributed by atoms with Crippen molar-refractivity contribution in [3.63, 3.8) is 0 Å². The van der Waals surface area contributed by atoms with Crippen LogP contribution < -0.4 is 9.61 Å². The summed E-state index contributed by atoms with van der Waals surface area (Å²) < 4.78 is 35.3. The van der Waals surface area contributed by atoms with Gasteiger partial charge in [-0.15, -0.1) is 0 Å². The number of phenolic OH excluding ortho intramolecular Hbond substituents is 2. The zero-order chi connectivity index (χ0) is 20.6. The van der Waals surface area contributed by atoms with Gasteiger partial charge in [0, 0.05) is 12.1 Å². The van der Waals surface area contributed by atoms with Gasteiger partial charge >= 0.3 is 10.1 Å². The summed E-state index contributed by atoms with van der Waals surface area (Å²) in [7, 11) is -4.12.